The third-order valence-corrected chi connectivity index (χ3v) is 2.78. The topological polar surface area (TPSA) is 64.7 Å². The number of nitrogens with zero attached hydrogens (tertiary/aromatic N) is 3. The van der Waals surface area contributed by atoms with E-state index in [0.717, 1.165) is 23.9 Å². The maximum Gasteiger partial charge on any atom is 0.416 e. The first kappa shape index (κ1) is 12.6. The second kappa shape index (κ2) is 4.81. The Bertz CT molecular complexity index is 545. The van der Waals surface area contributed by atoms with Crippen LogP contribution in [-0.4, -0.2) is 15.0 Å². The average molecular weight is 272 g/mol. The number of halogens is 3. The number of alkyl halides is 3. The molecule has 2 heterocycles. The summed E-state index contributed by atoms with van der Waals surface area (Å²) in [6.07, 6.45) is -1.65. The molecular weight excluding hydrogens is 265 g/mol. The van der Waals surface area contributed by atoms with E-state index in [4.69, 9.17) is 5.73 Å². The van der Waals surface area contributed by atoms with Crippen molar-refractivity contribution >= 4 is 17.6 Å². The molecule has 0 aliphatic heterocycles. The molecule has 8 heteroatoms. The van der Waals surface area contributed by atoms with Gasteiger partial charge in [-0.05, 0) is 30.0 Å². The first-order chi connectivity index (χ1) is 8.45. The molecule has 2 aromatic rings. The Morgan fingerprint density at radius 1 is 1.17 bits per heavy atom. The maximum atomic E-state index is 12.6. The minimum Gasteiger partial charge on any atom is -0.384 e. The van der Waals surface area contributed by atoms with Gasteiger partial charge in [-0.3, -0.25) is 0 Å². The Labute approximate surface area is 104 Å². The van der Waals surface area contributed by atoms with Crippen molar-refractivity contribution in [2.45, 2.75) is 16.2 Å². The van der Waals surface area contributed by atoms with Crippen LogP contribution in [0.4, 0.5) is 19.0 Å². The second-order valence-electron chi connectivity index (χ2n) is 3.27. The molecule has 0 unspecified atom stereocenters. The van der Waals surface area contributed by atoms with E-state index >= 15 is 0 Å². The Balaban J connectivity index is 2.32. The first-order valence-corrected chi connectivity index (χ1v) is 5.55. The van der Waals surface area contributed by atoms with Crippen molar-refractivity contribution in [2.75, 3.05) is 5.73 Å². The molecule has 18 heavy (non-hydrogen) atoms. The van der Waals surface area contributed by atoms with Crippen LogP contribution in [0.1, 0.15) is 5.56 Å². The van der Waals surface area contributed by atoms with Gasteiger partial charge in [0, 0.05) is 6.20 Å². The molecule has 0 aromatic carbocycles. The third-order valence-electron chi connectivity index (χ3n) is 1.91. The number of aromatic nitrogens is 3. The predicted molar refractivity (Wildman–Crippen MR) is 59.8 cm³/mol. The molecule has 0 radical (unpaired) electrons. The highest BCUT2D eigenvalue weighted by atomic mass is 32.2. The molecule has 0 spiro atoms. The highest BCUT2D eigenvalue weighted by Gasteiger charge is 2.31. The van der Waals surface area contributed by atoms with Gasteiger partial charge in [0.05, 0.1) is 5.56 Å². The Kier molecular flexibility index (Phi) is 3.37. The fourth-order valence-electron chi connectivity index (χ4n) is 1.19. The maximum absolute atomic E-state index is 12.6. The van der Waals surface area contributed by atoms with Crippen molar-refractivity contribution < 1.29 is 13.2 Å². The van der Waals surface area contributed by atoms with E-state index in [1.54, 1.807) is 6.07 Å². The monoisotopic (exact) mass is 272 g/mol. The standard InChI is InChI=1S/C10H7F3N4S/c11-10(12,13)6-3-7(14)17-9(4-6)18-8-1-2-15-5-16-8/h1-5H,(H2,14,17). The summed E-state index contributed by atoms with van der Waals surface area (Å²) >= 11 is 0.990. The summed E-state index contributed by atoms with van der Waals surface area (Å²) in [4.78, 5) is 11.4. The number of hydrogen-bond donors (Lipinski definition) is 1. The molecule has 0 saturated heterocycles. The molecule has 0 bridgehead atoms. The molecule has 0 atom stereocenters. The fourth-order valence-corrected chi connectivity index (χ4v) is 1.97. The number of nitrogen functional groups attached to an aromatic ring is 1. The predicted octanol–water partition coefficient (Wildman–Crippen LogP) is 2.62. The molecule has 2 aromatic heterocycles. The van der Waals surface area contributed by atoms with E-state index in [0.29, 0.717) is 5.03 Å². The van der Waals surface area contributed by atoms with Crippen molar-refractivity contribution in [2.24, 2.45) is 0 Å². The molecule has 4 nitrogen and oxygen atoms in total. The van der Waals surface area contributed by atoms with Crippen LogP contribution >= 0.6 is 11.8 Å². The minimum atomic E-state index is -4.45. The van der Waals surface area contributed by atoms with Crippen LogP contribution in [0.15, 0.2) is 40.8 Å². The van der Waals surface area contributed by atoms with Gasteiger partial charge in [-0.25, -0.2) is 15.0 Å². The lowest BCUT2D eigenvalue weighted by Gasteiger charge is -2.09. The van der Waals surface area contributed by atoms with Gasteiger partial charge in [0.15, 0.2) is 0 Å². The molecule has 0 fully saturated rings. The number of rotatable bonds is 2. The van der Waals surface area contributed by atoms with Gasteiger partial charge in [-0.2, -0.15) is 13.2 Å². The number of nitrogens with two attached hydrogens (primary N) is 1. The Hall–Kier alpha value is -1.83. The fraction of sp³-hybridized carbons (Fsp3) is 0.100. The minimum absolute atomic E-state index is 0.140. The Morgan fingerprint density at radius 2 is 1.94 bits per heavy atom. The van der Waals surface area contributed by atoms with Crippen LogP contribution in [0, 0.1) is 0 Å². The van der Waals surface area contributed by atoms with Gasteiger partial charge in [-0.1, -0.05) is 0 Å². The second-order valence-corrected chi connectivity index (χ2v) is 4.31. The zero-order valence-electron chi connectivity index (χ0n) is 8.85. The quantitative estimate of drug-likeness (QED) is 0.851. The summed E-state index contributed by atoms with van der Waals surface area (Å²) in [5, 5.41) is 0.636. The van der Waals surface area contributed by atoms with Crippen LogP contribution in [0.25, 0.3) is 0 Å². The molecule has 2 rings (SSSR count). The molecule has 94 valence electrons. The molecule has 0 saturated carbocycles. The van der Waals surface area contributed by atoms with E-state index in [2.05, 4.69) is 15.0 Å². The average Bonchev–Trinajstić information content (AvgIpc) is 2.28. The lowest BCUT2D eigenvalue weighted by molar-refractivity contribution is -0.137. The highest BCUT2D eigenvalue weighted by Crippen LogP contribution is 2.33. The lowest BCUT2D eigenvalue weighted by Crippen LogP contribution is -2.07. The molecule has 0 amide bonds. The van der Waals surface area contributed by atoms with Gasteiger partial charge < -0.3 is 5.73 Å². The van der Waals surface area contributed by atoms with Gasteiger partial charge in [0.25, 0.3) is 0 Å². The van der Waals surface area contributed by atoms with Crippen molar-refractivity contribution in [3.63, 3.8) is 0 Å². The zero-order valence-corrected chi connectivity index (χ0v) is 9.66. The molecule has 0 aliphatic rings. The third kappa shape index (κ3) is 3.10. The van der Waals surface area contributed by atoms with Gasteiger partial charge in [0.2, 0.25) is 0 Å². The molecule has 2 N–H and O–H groups in total. The first-order valence-electron chi connectivity index (χ1n) is 4.74. The van der Waals surface area contributed by atoms with E-state index in [1.165, 1.54) is 12.5 Å². The van der Waals surface area contributed by atoms with Gasteiger partial charge in [-0.15, -0.1) is 0 Å². The van der Waals surface area contributed by atoms with Crippen LogP contribution in [0.5, 0.6) is 0 Å². The largest absolute Gasteiger partial charge is 0.416 e. The van der Waals surface area contributed by atoms with Crippen LogP contribution in [0.2, 0.25) is 0 Å². The molecule has 0 aliphatic carbocycles. The van der Waals surface area contributed by atoms with Crippen molar-refractivity contribution in [3.05, 3.63) is 36.3 Å². The van der Waals surface area contributed by atoms with Crippen molar-refractivity contribution in [1.29, 1.82) is 0 Å². The zero-order chi connectivity index (χ0) is 13.2. The van der Waals surface area contributed by atoms with Crippen molar-refractivity contribution in [1.82, 2.24) is 15.0 Å². The van der Waals surface area contributed by atoms with E-state index in [9.17, 15) is 13.2 Å². The lowest BCUT2D eigenvalue weighted by atomic mass is 10.2. The SMILES string of the molecule is Nc1cc(C(F)(F)F)cc(Sc2ccncn2)n1. The van der Waals surface area contributed by atoms with Crippen molar-refractivity contribution in [3.8, 4) is 0 Å². The number of pyridine rings is 1. The number of hydrogen-bond acceptors (Lipinski definition) is 5. The normalized spacial score (nSPS) is 11.5. The van der Waals surface area contributed by atoms with Crippen LogP contribution < -0.4 is 5.73 Å². The summed E-state index contributed by atoms with van der Waals surface area (Å²) < 4.78 is 37.7. The van der Waals surface area contributed by atoms with E-state index in [1.807, 2.05) is 0 Å². The number of anilines is 1. The Morgan fingerprint density at radius 3 is 2.56 bits per heavy atom. The summed E-state index contributed by atoms with van der Waals surface area (Å²) in [6.45, 7) is 0. The van der Waals surface area contributed by atoms with Crippen LogP contribution in [-0.2, 0) is 6.18 Å². The summed E-state index contributed by atoms with van der Waals surface area (Å²) in [7, 11) is 0. The van der Waals surface area contributed by atoms with E-state index < -0.39 is 11.7 Å². The van der Waals surface area contributed by atoms with Gasteiger partial charge >= 0.3 is 6.18 Å². The van der Waals surface area contributed by atoms with E-state index in [-0.39, 0.29) is 10.8 Å². The van der Waals surface area contributed by atoms with Crippen LogP contribution in [0.3, 0.4) is 0 Å². The smallest absolute Gasteiger partial charge is 0.384 e. The summed E-state index contributed by atoms with van der Waals surface area (Å²) in [5.41, 5.74) is 4.53. The summed E-state index contributed by atoms with van der Waals surface area (Å²) in [6, 6.07) is 3.30. The van der Waals surface area contributed by atoms with Gasteiger partial charge in [0.1, 0.15) is 22.2 Å². The highest BCUT2D eigenvalue weighted by molar-refractivity contribution is 7.99. The molecular formula is C10H7F3N4S. The summed E-state index contributed by atoms with van der Waals surface area (Å²) in [5.74, 6) is -0.179.